The van der Waals surface area contributed by atoms with Crippen molar-refractivity contribution in [2.45, 2.75) is 44.1 Å². The second-order valence-electron chi connectivity index (χ2n) is 5.01. The Kier molecular flexibility index (Phi) is 5.40. The normalized spacial score (nSPS) is 20.4. The molecule has 104 valence electrons. The van der Waals surface area contributed by atoms with Crippen molar-refractivity contribution in [1.82, 2.24) is 0 Å². The average Bonchev–Trinajstić information content (AvgIpc) is 2.89. The van der Waals surface area contributed by atoms with Crippen LogP contribution in [0.15, 0.2) is 28.7 Å². The van der Waals surface area contributed by atoms with E-state index in [0.717, 1.165) is 42.3 Å². The molecular formula is C15H19BrO3. The average molecular weight is 327 g/mol. The summed E-state index contributed by atoms with van der Waals surface area (Å²) in [6, 6.07) is 7.56. The van der Waals surface area contributed by atoms with E-state index in [1.54, 1.807) is 0 Å². The molecule has 0 spiro atoms. The molecule has 0 bridgehead atoms. The molecule has 4 heteroatoms. The van der Waals surface area contributed by atoms with E-state index in [4.69, 9.17) is 4.74 Å². The maximum atomic E-state index is 11.4. The highest BCUT2D eigenvalue weighted by atomic mass is 79.9. The number of carboxylic acid groups (broad SMARTS) is 1. The molecule has 1 aromatic rings. The summed E-state index contributed by atoms with van der Waals surface area (Å²) in [5, 5.41) is 9.34. The predicted molar refractivity (Wildman–Crippen MR) is 77.3 cm³/mol. The first-order chi connectivity index (χ1) is 9.16. The van der Waals surface area contributed by atoms with Gasteiger partial charge in [0.15, 0.2) is 0 Å². The minimum Gasteiger partial charge on any atom is -0.481 e. The van der Waals surface area contributed by atoms with Crippen LogP contribution >= 0.6 is 15.9 Å². The van der Waals surface area contributed by atoms with Crippen LogP contribution in [0.2, 0.25) is 0 Å². The molecule has 1 heterocycles. The second kappa shape index (κ2) is 7.06. The van der Waals surface area contributed by atoms with E-state index < -0.39 is 11.9 Å². The molecule has 0 aliphatic carbocycles. The maximum absolute atomic E-state index is 11.4. The van der Waals surface area contributed by atoms with Crippen molar-refractivity contribution < 1.29 is 14.6 Å². The number of benzene rings is 1. The van der Waals surface area contributed by atoms with Crippen molar-refractivity contribution in [2.75, 3.05) is 6.61 Å². The van der Waals surface area contributed by atoms with E-state index in [2.05, 4.69) is 15.9 Å². The number of halogens is 1. The number of carbonyl (C=O) groups is 1. The van der Waals surface area contributed by atoms with Gasteiger partial charge in [-0.1, -0.05) is 28.1 Å². The number of carboxylic acids is 1. The summed E-state index contributed by atoms with van der Waals surface area (Å²) in [5.41, 5.74) is 0.878. The standard InChI is InChI=1S/C15H19BrO3/c16-12-8-6-11(7-9-12)14(15(17)18)5-1-3-13-4-2-10-19-13/h6-9,13-14H,1-5,10H2,(H,17,18). The Hall–Kier alpha value is -0.870. The zero-order valence-electron chi connectivity index (χ0n) is 10.8. The Labute approximate surface area is 122 Å². The van der Waals surface area contributed by atoms with Gasteiger partial charge in [0.1, 0.15) is 0 Å². The van der Waals surface area contributed by atoms with Crippen molar-refractivity contribution in [1.29, 1.82) is 0 Å². The van der Waals surface area contributed by atoms with E-state index in [9.17, 15) is 9.90 Å². The van der Waals surface area contributed by atoms with Gasteiger partial charge >= 0.3 is 5.97 Å². The highest BCUT2D eigenvalue weighted by Crippen LogP contribution is 2.26. The lowest BCUT2D eigenvalue weighted by Crippen LogP contribution is -2.13. The zero-order chi connectivity index (χ0) is 13.7. The molecule has 1 aliphatic rings. The maximum Gasteiger partial charge on any atom is 0.310 e. The van der Waals surface area contributed by atoms with Crippen LogP contribution in [0.5, 0.6) is 0 Å². The third-order valence-corrected chi connectivity index (χ3v) is 4.14. The summed E-state index contributed by atoms with van der Waals surface area (Å²) >= 11 is 3.36. The third kappa shape index (κ3) is 4.32. The smallest absolute Gasteiger partial charge is 0.310 e. The van der Waals surface area contributed by atoms with Gasteiger partial charge in [0.25, 0.3) is 0 Å². The van der Waals surface area contributed by atoms with Gasteiger partial charge in [-0.2, -0.15) is 0 Å². The molecule has 1 aliphatic heterocycles. The molecular weight excluding hydrogens is 308 g/mol. The van der Waals surface area contributed by atoms with E-state index in [1.807, 2.05) is 24.3 Å². The largest absolute Gasteiger partial charge is 0.481 e. The van der Waals surface area contributed by atoms with E-state index in [0.29, 0.717) is 12.5 Å². The van der Waals surface area contributed by atoms with Crippen LogP contribution in [-0.4, -0.2) is 23.8 Å². The Balaban J connectivity index is 1.88. The van der Waals surface area contributed by atoms with Gasteiger partial charge < -0.3 is 9.84 Å². The number of rotatable bonds is 6. The minimum atomic E-state index is -0.741. The number of aliphatic carboxylic acids is 1. The fourth-order valence-corrected chi connectivity index (χ4v) is 2.81. The summed E-state index contributed by atoms with van der Waals surface area (Å²) in [6.07, 6.45) is 5.16. The third-order valence-electron chi connectivity index (χ3n) is 3.61. The Morgan fingerprint density at radius 3 is 2.74 bits per heavy atom. The fraction of sp³-hybridized carbons (Fsp3) is 0.533. The first kappa shape index (κ1) is 14.5. The molecule has 2 atom stereocenters. The van der Waals surface area contributed by atoms with Crippen molar-refractivity contribution in [3.8, 4) is 0 Å². The first-order valence-electron chi connectivity index (χ1n) is 6.76. The lowest BCUT2D eigenvalue weighted by atomic mass is 9.93. The second-order valence-corrected chi connectivity index (χ2v) is 5.92. The molecule has 1 saturated heterocycles. The van der Waals surface area contributed by atoms with Gasteiger partial charge in [-0.05, 0) is 49.8 Å². The summed E-state index contributed by atoms with van der Waals surface area (Å²) in [4.78, 5) is 11.4. The summed E-state index contributed by atoms with van der Waals surface area (Å²) in [6.45, 7) is 0.861. The van der Waals surface area contributed by atoms with Gasteiger partial charge in [-0.15, -0.1) is 0 Å². The lowest BCUT2D eigenvalue weighted by molar-refractivity contribution is -0.139. The molecule has 3 nitrogen and oxygen atoms in total. The molecule has 19 heavy (non-hydrogen) atoms. The van der Waals surface area contributed by atoms with Crippen LogP contribution in [0.3, 0.4) is 0 Å². The van der Waals surface area contributed by atoms with Gasteiger partial charge in [0.2, 0.25) is 0 Å². The van der Waals surface area contributed by atoms with Gasteiger partial charge in [0.05, 0.1) is 12.0 Å². The van der Waals surface area contributed by atoms with Crippen molar-refractivity contribution in [2.24, 2.45) is 0 Å². The highest BCUT2D eigenvalue weighted by molar-refractivity contribution is 9.10. The molecule has 1 aromatic carbocycles. The quantitative estimate of drug-likeness (QED) is 0.860. The minimum absolute atomic E-state index is 0.347. The topological polar surface area (TPSA) is 46.5 Å². The first-order valence-corrected chi connectivity index (χ1v) is 7.56. The lowest BCUT2D eigenvalue weighted by Gasteiger charge is -2.14. The number of hydrogen-bond acceptors (Lipinski definition) is 2. The van der Waals surface area contributed by atoms with Crippen molar-refractivity contribution in [3.63, 3.8) is 0 Å². The Morgan fingerprint density at radius 2 is 2.16 bits per heavy atom. The molecule has 1 fully saturated rings. The Morgan fingerprint density at radius 1 is 1.42 bits per heavy atom. The van der Waals surface area contributed by atoms with Crippen molar-refractivity contribution >= 4 is 21.9 Å². The van der Waals surface area contributed by atoms with Crippen LogP contribution in [0, 0.1) is 0 Å². The van der Waals surface area contributed by atoms with Gasteiger partial charge in [0, 0.05) is 11.1 Å². The van der Waals surface area contributed by atoms with Crippen LogP contribution in [0.25, 0.3) is 0 Å². The monoisotopic (exact) mass is 326 g/mol. The van der Waals surface area contributed by atoms with Crippen LogP contribution in [0.4, 0.5) is 0 Å². The van der Waals surface area contributed by atoms with Gasteiger partial charge in [-0.3, -0.25) is 4.79 Å². The predicted octanol–water partition coefficient (Wildman–Crippen LogP) is 3.97. The molecule has 0 amide bonds. The Bertz CT molecular complexity index is 410. The van der Waals surface area contributed by atoms with E-state index >= 15 is 0 Å². The molecule has 2 rings (SSSR count). The van der Waals surface area contributed by atoms with Crippen LogP contribution in [-0.2, 0) is 9.53 Å². The number of hydrogen-bond donors (Lipinski definition) is 1. The molecule has 1 N–H and O–H groups in total. The summed E-state index contributed by atoms with van der Waals surface area (Å²) in [5.74, 6) is -1.15. The SMILES string of the molecule is O=C(O)C(CCCC1CCCO1)c1ccc(Br)cc1. The zero-order valence-corrected chi connectivity index (χ0v) is 12.4. The number of ether oxygens (including phenoxy) is 1. The van der Waals surface area contributed by atoms with E-state index in [-0.39, 0.29) is 0 Å². The molecule has 0 saturated carbocycles. The molecule has 0 radical (unpaired) electrons. The van der Waals surface area contributed by atoms with Crippen molar-refractivity contribution in [3.05, 3.63) is 34.3 Å². The summed E-state index contributed by atoms with van der Waals surface area (Å²) < 4.78 is 6.54. The highest BCUT2D eigenvalue weighted by Gasteiger charge is 2.21. The fourth-order valence-electron chi connectivity index (χ4n) is 2.55. The van der Waals surface area contributed by atoms with Gasteiger partial charge in [-0.25, -0.2) is 0 Å². The van der Waals surface area contributed by atoms with Crippen LogP contribution < -0.4 is 0 Å². The van der Waals surface area contributed by atoms with Crippen LogP contribution in [0.1, 0.15) is 43.6 Å². The van der Waals surface area contributed by atoms with E-state index in [1.165, 1.54) is 0 Å². The molecule has 0 aromatic heterocycles. The summed E-state index contributed by atoms with van der Waals surface area (Å²) in [7, 11) is 0. The molecule has 2 unspecified atom stereocenters.